The zero-order valence-electron chi connectivity index (χ0n) is 21.8. The van der Waals surface area contributed by atoms with Gasteiger partial charge in [-0.15, -0.1) is 0 Å². The SMILES string of the molecule is C=C(S/C=C(\C)C(P)=Nc1ccc(Oc2ccccc2)c(C(F)(F)F)c1N1CCC[C@H](C)C1)c1ccnnc1. The van der Waals surface area contributed by atoms with Gasteiger partial charge in [0.25, 0.3) is 0 Å². The number of hydrogen-bond donors (Lipinski definition) is 0. The molecule has 1 aliphatic rings. The fraction of sp³-hybridized carbons (Fsp3) is 0.276. The number of benzene rings is 2. The molecule has 2 atom stereocenters. The molecule has 0 spiro atoms. The highest BCUT2D eigenvalue weighted by Gasteiger charge is 2.41. The van der Waals surface area contributed by atoms with Gasteiger partial charge in [0.05, 0.1) is 29.2 Å². The highest BCUT2D eigenvalue weighted by molar-refractivity contribution is 8.10. The minimum atomic E-state index is -4.65. The number of alkyl halides is 3. The van der Waals surface area contributed by atoms with Crippen LogP contribution in [0.2, 0.25) is 0 Å². The highest BCUT2D eigenvalue weighted by Crippen LogP contribution is 2.49. The van der Waals surface area contributed by atoms with Crippen molar-refractivity contribution in [3.8, 4) is 11.5 Å². The summed E-state index contributed by atoms with van der Waals surface area (Å²) in [6, 6.07) is 13.3. The third kappa shape index (κ3) is 7.49. The fourth-order valence-electron chi connectivity index (χ4n) is 4.30. The number of halogens is 3. The summed E-state index contributed by atoms with van der Waals surface area (Å²) in [5.41, 5.74) is 1.64. The van der Waals surface area contributed by atoms with Crippen molar-refractivity contribution in [1.82, 2.24) is 10.2 Å². The predicted molar refractivity (Wildman–Crippen MR) is 158 cm³/mol. The summed E-state index contributed by atoms with van der Waals surface area (Å²) in [6.45, 7) is 9.01. The highest BCUT2D eigenvalue weighted by atomic mass is 32.2. The zero-order valence-corrected chi connectivity index (χ0v) is 23.8. The summed E-state index contributed by atoms with van der Waals surface area (Å²) >= 11 is 1.39. The molecular weight excluding hydrogens is 540 g/mol. The van der Waals surface area contributed by atoms with Gasteiger partial charge in [-0.1, -0.05) is 52.7 Å². The third-order valence-electron chi connectivity index (χ3n) is 6.28. The van der Waals surface area contributed by atoms with Gasteiger partial charge in [-0.05, 0) is 67.0 Å². The van der Waals surface area contributed by atoms with Gasteiger partial charge in [0.2, 0.25) is 0 Å². The second kappa shape index (κ2) is 12.8. The number of aliphatic imine (C=N–C) groups is 1. The van der Waals surface area contributed by atoms with E-state index in [1.165, 1.54) is 17.8 Å². The Morgan fingerprint density at radius 1 is 1.18 bits per heavy atom. The van der Waals surface area contributed by atoms with Crippen LogP contribution in [0.3, 0.4) is 0 Å². The van der Waals surface area contributed by atoms with Crippen LogP contribution in [0.15, 0.2) is 83.5 Å². The second-order valence-electron chi connectivity index (χ2n) is 9.38. The Hall–Kier alpha value is -3.16. The summed E-state index contributed by atoms with van der Waals surface area (Å²) < 4.78 is 49.9. The minimum Gasteiger partial charge on any atom is -0.457 e. The van der Waals surface area contributed by atoms with Crippen molar-refractivity contribution >= 4 is 42.7 Å². The molecule has 10 heteroatoms. The second-order valence-corrected chi connectivity index (χ2v) is 10.9. The van der Waals surface area contributed by atoms with Crippen LogP contribution in [-0.2, 0) is 6.18 Å². The molecule has 2 aromatic carbocycles. The summed E-state index contributed by atoms with van der Waals surface area (Å²) in [5.74, 6) is 0.359. The van der Waals surface area contributed by atoms with Crippen LogP contribution in [0.4, 0.5) is 24.5 Å². The molecule has 0 N–H and O–H groups in total. The zero-order chi connectivity index (χ0) is 28.0. The van der Waals surface area contributed by atoms with E-state index >= 15 is 0 Å². The van der Waals surface area contributed by atoms with Gasteiger partial charge in [-0.3, -0.25) is 0 Å². The third-order valence-corrected chi connectivity index (χ3v) is 7.85. The topological polar surface area (TPSA) is 50.6 Å². The van der Waals surface area contributed by atoms with Gasteiger partial charge in [0.1, 0.15) is 17.1 Å². The molecule has 1 aliphatic heterocycles. The average molecular weight is 571 g/mol. The molecule has 4 rings (SSSR count). The molecule has 2 heterocycles. The van der Waals surface area contributed by atoms with Crippen molar-refractivity contribution < 1.29 is 17.9 Å². The van der Waals surface area contributed by atoms with E-state index in [-0.39, 0.29) is 23.0 Å². The lowest BCUT2D eigenvalue weighted by atomic mass is 9.98. The molecule has 0 radical (unpaired) electrons. The van der Waals surface area contributed by atoms with Crippen LogP contribution in [-0.4, -0.2) is 28.7 Å². The van der Waals surface area contributed by atoms with Gasteiger partial charge in [0, 0.05) is 23.6 Å². The van der Waals surface area contributed by atoms with E-state index in [1.54, 1.807) is 53.7 Å². The van der Waals surface area contributed by atoms with Crippen LogP contribution in [0.25, 0.3) is 4.91 Å². The Bertz CT molecular complexity index is 1360. The number of anilines is 1. The molecular formula is C29H30F3N4OPS. The van der Waals surface area contributed by atoms with E-state index in [2.05, 4.69) is 37.9 Å². The first-order chi connectivity index (χ1) is 18.6. The lowest BCUT2D eigenvalue weighted by Crippen LogP contribution is -2.35. The number of thioether (sulfide) groups is 1. The quantitative estimate of drug-likeness (QED) is 0.200. The smallest absolute Gasteiger partial charge is 0.422 e. The van der Waals surface area contributed by atoms with Gasteiger partial charge in [-0.2, -0.15) is 23.4 Å². The summed E-state index contributed by atoms with van der Waals surface area (Å²) in [4.78, 5) is 7.25. The molecule has 39 heavy (non-hydrogen) atoms. The molecule has 1 fully saturated rings. The number of ether oxygens (including phenoxy) is 1. The molecule has 1 saturated heterocycles. The van der Waals surface area contributed by atoms with Gasteiger partial charge >= 0.3 is 6.18 Å². The van der Waals surface area contributed by atoms with Crippen molar-refractivity contribution in [3.05, 3.63) is 89.6 Å². The summed E-state index contributed by atoms with van der Waals surface area (Å²) in [5, 5.41) is 9.51. The predicted octanol–water partition coefficient (Wildman–Crippen LogP) is 8.74. The average Bonchev–Trinajstić information content (AvgIpc) is 2.92. The van der Waals surface area contributed by atoms with Gasteiger partial charge in [0.15, 0.2) is 0 Å². The number of rotatable bonds is 8. The van der Waals surface area contributed by atoms with Crippen molar-refractivity contribution in [1.29, 1.82) is 0 Å². The monoisotopic (exact) mass is 570 g/mol. The van der Waals surface area contributed by atoms with Gasteiger partial charge < -0.3 is 9.64 Å². The molecule has 3 aromatic rings. The van der Waals surface area contributed by atoms with Crippen LogP contribution >= 0.6 is 21.0 Å². The summed E-state index contributed by atoms with van der Waals surface area (Å²) in [7, 11) is 2.55. The Morgan fingerprint density at radius 2 is 1.95 bits per heavy atom. The van der Waals surface area contributed by atoms with E-state index < -0.39 is 11.7 Å². The van der Waals surface area contributed by atoms with Crippen molar-refractivity contribution in [2.24, 2.45) is 10.9 Å². The molecule has 5 nitrogen and oxygen atoms in total. The van der Waals surface area contributed by atoms with E-state index in [0.717, 1.165) is 28.9 Å². The number of hydrogen-bond acceptors (Lipinski definition) is 6. The molecule has 0 amide bonds. The first-order valence-electron chi connectivity index (χ1n) is 12.5. The molecule has 204 valence electrons. The van der Waals surface area contributed by atoms with E-state index in [9.17, 15) is 13.2 Å². The Kier molecular flexibility index (Phi) is 9.46. The van der Waals surface area contributed by atoms with Crippen molar-refractivity contribution in [2.75, 3.05) is 18.0 Å². The first-order valence-corrected chi connectivity index (χ1v) is 13.9. The molecule has 1 aromatic heterocycles. The maximum atomic E-state index is 14.7. The summed E-state index contributed by atoms with van der Waals surface area (Å²) in [6.07, 6.45) is 0.344. The van der Waals surface area contributed by atoms with Crippen LogP contribution in [0.5, 0.6) is 11.5 Å². The van der Waals surface area contributed by atoms with Crippen LogP contribution in [0.1, 0.15) is 37.8 Å². The molecule has 0 bridgehead atoms. The van der Waals surface area contributed by atoms with E-state index in [4.69, 9.17) is 4.74 Å². The number of allylic oxidation sites excluding steroid dienone is 1. The van der Waals surface area contributed by atoms with Crippen LogP contribution < -0.4 is 9.64 Å². The Balaban J connectivity index is 1.75. The Morgan fingerprint density at radius 3 is 2.62 bits per heavy atom. The Labute approximate surface area is 233 Å². The number of para-hydroxylation sites is 1. The maximum Gasteiger partial charge on any atom is 0.422 e. The van der Waals surface area contributed by atoms with Crippen molar-refractivity contribution in [2.45, 2.75) is 32.9 Å². The molecule has 1 unspecified atom stereocenters. The maximum absolute atomic E-state index is 14.7. The van der Waals surface area contributed by atoms with E-state index in [0.29, 0.717) is 24.3 Å². The number of nitrogens with zero attached hydrogens (tertiary/aromatic N) is 4. The van der Waals surface area contributed by atoms with E-state index in [1.807, 2.05) is 18.4 Å². The largest absolute Gasteiger partial charge is 0.457 e. The number of aromatic nitrogens is 2. The molecule has 0 saturated carbocycles. The minimum absolute atomic E-state index is 0.0511. The lowest BCUT2D eigenvalue weighted by molar-refractivity contribution is -0.138. The van der Waals surface area contributed by atoms with Crippen LogP contribution in [0, 0.1) is 5.92 Å². The first kappa shape index (κ1) is 28.8. The fourth-order valence-corrected chi connectivity index (χ4v) is 5.34. The molecule has 0 aliphatic carbocycles. The van der Waals surface area contributed by atoms with Crippen molar-refractivity contribution in [3.63, 3.8) is 0 Å². The van der Waals surface area contributed by atoms with Gasteiger partial charge in [-0.25, -0.2) is 4.99 Å². The normalized spacial score (nSPS) is 16.8. The number of piperidine rings is 1. The lowest BCUT2D eigenvalue weighted by Gasteiger charge is -2.35. The standard InChI is InChI=1S/C29H30F3N4OPS/c1-19-8-7-15-36(17-19)27-24(35-28(38)20(2)18-39-21(3)22-13-14-33-34-16-22)11-12-25(26(27)29(30,31)32)37-23-9-5-4-6-10-23/h4-6,9-14,16,18-19H,3,7-8,15,17,38H2,1-2H3/b20-18+,35-28?/t19-/m0/s1.